The molecular formula is C11H16N2O3S. The second-order valence-corrected chi connectivity index (χ2v) is 5.42. The van der Waals surface area contributed by atoms with Crippen LogP contribution in [0.15, 0.2) is 29.2 Å². The van der Waals surface area contributed by atoms with E-state index in [1.165, 1.54) is 6.07 Å². The van der Waals surface area contributed by atoms with Gasteiger partial charge in [0.2, 0.25) is 0 Å². The minimum atomic E-state index is -4.16. The van der Waals surface area contributed by atoms with E-state index in [0.29, 0.717) is 5.69 Å². The van der Waals surface area contributed by atoms with Gasteiger partial charge in [0.25, 0.3) is 10.1 Å². The molecule has 1 heterocycles. The first-order valence-electron chi connectivity index (χ1n) is 5.61. The SMILES string of the molecule is O=S(=O)(O)c1ccccc1N1CCCNCC1. The predicted octanol–water partition coefficient (Wildman–Crippen LogP) is 0.733. The Balaban J connectivity index is 2.37. The van der Waals surface area contributed by atoms with E-state index in [9.17, 15) is 13.0 Å². The lowest BCUT2D eigenvalue weighted by Crippen LogP contribution is -2.29. The molecule has 0 aromatic heterocycles. The van der Waals surface area contributed by atoms with Gasteiger partial charge in [0, 0.05) is 19.6 Å². The van der Waals surface area contributed by atoms with Crippen molar-refractivity contribution in [1.82, 2.24) is 5.32 Å². The molecule has 1 saturated heterocycles. The number of hydrogen-bond donors (Lipinski definition) is 2. The molecule has 0 radical (unpaired) electrons. The van der Waals surface area contributed by atoms with Crippen molar-refractivity contribution in [3.63, 3.8) is 0 Å². The third kappa shape index (κ3) is 2.96. The Morgan fingerprint density at radius 1 is 1.18 bits per heavy atom. The van der Waals surface area contributed by atoms with Gasteiger partial charge in [0.15, 0.2) is 0 Å². The number of hydrogen-bond acceptors (Lipinski definition) is 4. The predicted molar refractivity (Wildman–Crippen MR) is 66.0 cm³/mol. The standard InChI is InChI=1S/C11H16N2O3S/c14-17(15,16)11-5-2-1-4-10(11)13-8-3-6-12-7-9-13/h1-2,4-5,12H,3,6-9H2,(H,14,15,16). The monoisotopic (exact) mass is 256 g/mol. The molecule has 0 saturated carbocycles. The largest absolute Gasteiger partial charge is 0.369 e. The van der Waals surface area contributed by atoms with E-state index < -0.39 is 10.1 Å². The van der Waals surface area contributed by atoms with Crippen LogP contribution in [0.25, 0.3) is 0 Å². The van der Waals surface area contributed by atoms with Crippen LogP contribution in [-0.2, 0) is 10.1 Å². The Labute approximate surface area is 101 Å². The summed E-state index contributed by atoms with van der Waals surface area (Å²) in [6, 6.07) is 6.56. The normalized spacial score (nSPS) is 17.8. The van der Waals surface area contributed by atoms with E-state index in [0.717, 1.165) is 32.6 Å². The van der Waals surface area contributed by atoms with Crippen LogP contribution in [0.2, 0.25) is 0 Å². The summed E-state index contributed by atoms with van der Waals surface area (Å²) in [5.74, 6) is 0. The molecule has 0 aliphatic carbocycles. The molecular weight excluding hydrogens is 240 g/mol. The van der Waals surface area contributed by atoms with Gasteiger partial charge >= 0.3 is 0 Å². The number of benzene rings is 1. The highest BCUT2D eigenvalue weighted by Crippen LogP contribution is 2.25. The highest BCUT2D eigenvalue weighted by atomic mass is 32.2. The Morgan fingerprint density at radius 3 is 2.71 bits per heavy atom. The molecule has 6 heteroatoms. The van der Waals surface area contributed by atoms with Gasteiger partial charge in [-0.25, -0.2) is 0 Å². The van der Waals surface area contributed by atoms with Crippen LogP contribution in [0.1, 0.15) is 6.42 Å². The number of para-hydroxylation sites is 1. The highest BCUT2D eigenvalue weighted by Gasteiger charge is 2.19. The summed E-state index contributed by atoms with van der Waals surface area (Å²) >= 11 is 0. The molecule has 1 aromatic carbocycles. The van der Waals surface area contributed by atoms with Crippen LogP contribution in [0.5, 0.6) is 0 Å². The molecule has 1 aliphatic rings. The second-order valence-electron chi connectivity index (χ2n) is 4.03. The van der Waals surface area contributed by atoms with E-state index >= 15 is 0 Å². The van der Waals surface area contributed by atoms with Crippen molar-refractivity contribution < 1.29 is 13.0 Å². The maximum atomic E-state index is 11.3. The highest BCUT2D eigenvalue weighted by molar-refractivity contribution is 7.86. The van der Waals surface area contributed by atoms with Gasteiger partial charge in [0.05, 0.1) is 5.69 Å². The molecule has 0 unspecified atom stereocenters. The maximum Gasteiger partial charge on any atom is 0.296 e. The van der Waals surface area contributed by atoms with Gasteiger partial charge in [-0.15, -0.1) is 0 Å². The third-order valence-corrected chi connectivity index (χ3v) is 3.72. The van der Waals surface area contributed by atoms with Crippen molar-refractivity contribution in [2.45, 2.75) is 11.3 Å². The summed E-state index contributed by atoms with van der Waals surface area (Å²) in [5, 5.41) is 3.25. The van der Waals surface area contributed by atoms with Gasteiger partial charge < -0.3 is 10.2 Å². The Morgan fingerprint density at radius 2 is 1.94 bits per heavy atom. The zero-order chi connectivity index (χ0) is 12.3. The van der Waals surface area contributed by atoms with Crippen LogP contribution >= 0.6 is 0 Å². The Kier molecular flexibility index (Phi) is 3.66. The van der Waals surface area contributed by atoms with Gasteiger partial charge in [-0.3, -0.25) is 4.55 Å². The average Bonchev–Trinajstić information content (AvgIpc) is 2.56. The van der Waals surface area contributed by atoms with Gasteiger partial charge in [0.1, 0.15) is 4.90 Å². The lowest BCUT2D eigenvalue weighted by molar-refractivity contribution is 0.483. The fourth-order valence-electron chi connectivity index (χ4n) is 2.02. The number of nitrogens with zero attached hydrogens (tertiary/aromatic N) is 1. The number of anilines is 1. The van der Waals surface area contributed by atoms with E-state index in [1.54, 1.807) is 18.2 Å². The molecule has 1 aliphatic heterocycles. The van der Waals surface area contributed by atoms with Crippen molar-refractivity contribution in [2.75, 3.05) is 31.1 Å². The average molecular weight is 256 g/mol. The third-order valence-electron chi connectivity index (χ3n) is 2.82. The van der Waals surface area contributed by atoms with Crippen molar-refractivity contribution in [1.29, 1.82) is 0 Å². The molecule has 2 N–H and O–H groups in total. The molecule has 17 heavy (non-hydrogen) atoms. The molecule has 94 valence electrons. The van der Waals surface area contributed by atoms with Crippen molar-refractivity contribution >= 4 is 15.8 Å². The smallest absolute Gasteiger partial charge is 0.296 e. The summed E-state index contributed by atoms with van der Waals surface area (Å²) in [4.78, 5) is 1.98. The van der Waals surface area contributed by atoms with E-state index in [2.05, 4.69) is 5.32 Å². The van der Waals surface area contributed by atoms with Crippen LogP contribution < -0.4 is 10.2 Å². The maximum absolute atomic E-state index is 11.3. The Bertz CT molecular complexity index is 479. The minimum absolute atomic E-state index is 0.0121. The fraction of sp³-hybridized carbons (Fsp3) is 0.455. The summed E-state index contributed by atoms with van der Waals surface area (Å²) in [6.45, 7) is 3.29. The molecule has 5 nitrogen and oxygen atoms in total. The van der Waals surface area contributed by atoms with Gasteiger partial charge in [-0.05, 0) is 25.1 Å². The van der Waals surface area contributed by atoms with Crippen LogP contribution in [-0.4, -0.2) is 39.1 Å². The zero-order valence-electron chi connectivity index (χ0n) is 9.46. The number of rotatable bonds is 2. The summed E-state index contributed by atoms with van der Waals surface area (Å²) in [6.07, 6.45) is 0.958. The van der Waals surface area contributed by atoms with Crippen molar-refractivity contribution in [3.8, 4) is 0 Å². The molecule has 0 amide bonds. The fourth-order valence-corrected chi connectivity index (χ4v) is 2.74. The van der Waals surface area contributed by atoms with Crippen LogP contribution in [0, 0.1) is 0 Å². The van der Waals surface area contributed by atoms with Crippen molar-refractivity contribution in [3.05, 3.63) is 24.3 Å². The first-order valence-corrected chi connectivity index (χ1v) is 7.05. The molecule has 0 spiro atoms. The first-order chi connectivity index (χ1) is 8.09. The molecule has 1 fully saturated rings. The van der Waals surface area contributed by atoms with Crippen LogP contribution in [0.3, 0.4) is 0 Å². The van der Waals surface area contributed by atoms with E-state index in [-0.39, 0.29) is 4.90 Å². The lowest BCUT2D eigenvalue weighted by Gasteiger charge is -2.24. The quantitative estimate of drug-likeness (QED) is 0.764. The molecule has 0 atom stereocenters. The van der Waals surface area contributed by atoms with E-state index in [1.807, 2.05) is 4.90 Å². The topological polar surface area (TPSA) is 69.6 Å². The minimum Gasteiger partial charge on any atom is -0.369 e. The summed E-state index contributed by atoms with van der Waals surface area (Å²) < 4.78 is 31.8. The summed E-state index contributed by atoms with van der Waals surface area (Å²) in [7, 11) is -4.16. The summed E-state index contributed by atoms with van der Waals surface area (Å²) in [5.41, 5.74) is 0.582. The van der Waals surface area contributed by atoms with Gasteiger partial charge in [-0.1, -0.05) is 12.1 Å². The Hall–Kier alpha value is -1.11. The van der Waals surface area contributed by atoms with Gasteiger partial charge in [-0.2, -0.15) is 8.42 Å². The van der Waals surface area contributed by atoms with E-state index in [4.69, 9.17) is 0 Å². The molecule has 2 rings (SSSR count). The number of nitrogens with one attached hydrogen (secondary N) is 1. The lowest BCUT2D eigenvalue weighted by atomic mass is 10.2. The molecule has 1 aromatic rings. The first kappa shape index (κ1) is 12.3. The second kappa shape index (κ2) is 5.03. The van der Waals surface area contributed by atoms with Crippen LogP contribution in [0.4, 0.5) is 5.69 Å². The molecule has 0 bridgehead atoms. The van der Waals surface area contributed by atoms with Crippen molar-refractivity contribution in [2.24, 2.45) is 0 Å². The zero-order valence-corrected chi connectivity index (χ0v) is 10.3.